The molecule has 0 unspecified atom stereocenters. The summed E-state index contributed by atoms with van der Waals surface area (Å²) in [6.07, 6.45) is 8.21. The zero-order chi connectivity index (χ0) is 24.9. The van der Waals surface area contributed by atoms with Crippen molar-refractivity contribution in [3.63, 3.8) is 0 Å². The molecule has 1 aromatic carbocycles. The molecule has 0 aromatic heterocycles. The summed E-state index contributed by atoms with van der Waals surface area (Å²) in [6, 6.07) is 6.78. The standard InChI is InChI=1S/C29H30ClNO3S/c1-16-5-7-17(8-6-16)35(33,34)27(31-4)22-10-9-20-18-14-25(30)24-15-26(32)19-13-23(19)29(24,3)21(18)11-12-28(20,22)2/h5-8,14-15,18-21,23H,9-13H2,1-3H3/b27-22-/t18-,19+,20-,21-,23-,28-,29-/m0/s1. The Hall–Kier alpha value is -2.16. The van der Waals surface area contributed by atoms with Gasteiger partial charge in [0.05, 0.1) is 11.5 Å². The van der Waals surface area contributed by atoms with E-state index in [2.05, 4.69) is 24.8 Å². The van der Waals surface area contributed by atoms with Crippen LogP contribution in [-0.2, 0) is 14.6 Å². The molecule has 0 saturated heterocycles. The lowest BCUT2D eigenvalue weighted by molar-refractivity contribution is -0.117. The van der Waals surface area contributed by atoms with Gasteiger partial charge in [-0.25, -0.2) is 13.3 Å². The molecule has 1 aromatic rings. The Bertz CT molecular complexity index is 1400. The lowest BCUT2D eigenvalue weighted by Crippen LogP contribution is -2.49. The topological polar surface area (TPSA) is 55.6 Å². The van der Waals surface area contributed by atoms with Crippen molar-refractivity contribution in [1.29, 1.82) is 0 Å². The Morgan fingerprint density at radius 1 is 1.11 bits per heavy atom. The van der Waals surface area contributed by atoms with Gasteiger partial charge >= 0.3 is 0 Å². The average Bonchev–Trinajstić information content (AvgIpc) is 3.56. The van der Waals surface area contributed by atoms with Gasteiger partial charge in [-0.05, 0) is 97.5 Å². The first kappa shape index (κ1) is 23.3. The van der Waals surface area contributed by atoms with E-state index in [1.54, 1.807) is 24.3 Å². The van der Waals surface area contributed by atoms with E-state index in [-0.39, 0.29) is 44.3 Å². The molecule has 6 rings (SSSR count). The third-order valence-electron chi connectivity index (χ3n) is 10.2. The summed E-state index contributed by atoms with van der Waals surface area (Å²) < 4.78 is 27.2. The molecule has 0 N–H and O–H groups in total. The van der Waals surface area contributed by atoms with Crippen molar-refractivity contribution in [3.8, 4) is 0 Å². The molecule has 0 heterocycles. The maximum Gasteiger partial charge on any atom is 0.282 e. The number of hydrogen-bond acceptors (Lipinski definition) is 3. The van der Waals surface area contributed by atoms with Crippen LogP contribution in [0.1, 0.15) is 51.5 Å². The SMILES string of the molecule is [C-]#[N+]/C(=C1\CC[C@H]2[C@@H]3C=C(Cl)C4=CC(=O)[C@@H]5C[C@@H]5[C@]4(C)[C@H]3CC[C@]12C)S(=O)(=O)c1ccc(C)cc1. The Morgan fingerprint density at radius 3 is 2.51 bits per heavy atom. The highest BCUT2D eigenvalue weighted by atomic mass is 35.5. The highest BCUT2D eigenvalue weighted by Crippen LogP contribution is 2.71. The third-order valence-corrected chi connectivity index (χ3v) is 12.3. The smallest absolute Gasteiger partial charge is 0.282 e. The maximum absolute atomic E-state index is 13.6. The van der Waals surface area contributed by atoms with E-state index < -0.39 is 9.84 Å². The fourth-order valence-electron chi connectivity index (χ4n) is 8.25. The summed E-state index contributed by atoms with van der Waals surface area (Å²) in [6.45, 7) is 14.3. The molecule has 35 heavy (non-hydrogen) atoms. The Kier molecular flexibility index (Phi) is 4.94. The van der Waals surface area contributed by atoms with Crippen molar-refractivity contribution in [2.24, 2.45) is 40.4 Å². The van der Waals surface area contributed by atoms with Crippen LogP contribution in [0, 0.1) is 53.9 Å². The molecule has 0 bridgehead atoms. The van der Waals surface area contributed by atoms with Crippen molar-refractivity contribution in [3.05, 3.63) is 74.6 Å². The van der Waals surface area contributed by atoms with Gasteiger partial charge in [-0.2, -0.15) is 0 Å². The summed E-state index contributed by atoms with van der Waals surface area (Å²) in [5.74, 6) is 1.59. The second-order valence-corrected chi connectivity index (χ2v) is 14.0. The van der Waals surface area contributed by atoms with Gasteiger partial charge in [0.2, 0.25) is 9.84 Å². The molecule has 7 atom stereocenters. The highest BCUT2D eigenvalue weighted by Gasteiger charge is 2.65. The number of sulfone groups is 1. The second-order valence-electron chi connectivity index (χ2n) is 11.7. The lowest BCUT2D eigenvalue weighted by Gasteiger charge is -2.56. The van der Waals surface area contributed by atoms with Crippen molar-refractivity contribution < 1.29 is 13.2 Å². The fraction of sp³-hybridized carbons (Fsp3) is 0.517. The van der Waals surface area contributed by atoms with Gasteiger partial charge in [-0.1, -0.05) is 49.2 Å². The number of carbonyl (C=O) groups excluding carboxylic acids is 1. The van der Waals surface area contributed by atoms with E-state index in [0.717, 1.165) is 42.4 Å². The minimum Gasteiger partial charge on any atom is -0.295 e. The maximum atomic E-state index is 13.6. The Morgan fingerprint density at radius 2 is 1.83 bits per heavy atom. The first-order valence-corrected chi connectivity index (χ1v) is 14.5. The molecule has 0 radical (unpaired) electrons. The fourth-order valence-corrected chi connectivity index (χ4v) is 10.1. The van der Waals surface area contributed by atoms with Gasteiger partial charge in [0.15, 0.2) is 5.78 Å². The molecule has 0 spiro atoms. The van der Waals surface area contributed by atoms with Crippen LogP contribution in [-0.4, -0.2) is 14.2 Å². The van der Waals surface area contributed by atoms with Crippen LogP contribution in [0.4, 0.5) is 0 Å². The van der Waals surface area contributed by atoms with Crippen molar-refractivity contribution >= 4 is 27.2 Å². The van der Waals surface area contributed by atoms with Gasteiger partial charge < -0.3 is 0 Å². The number of ketones is 1. The summed E-state index contributed by atoms with van der Waals surface area (Å²) in [5, 5.41) is 0.625. The van der Waals surface area contributed by atoms with Gasteiger partial charge in [0, 0.05) is 16.4 Å². The molecule has 0 amide bonds. The second kappa shape index (κ2) is 7.43. The number of halogens is 1. The summed E-state index contributed by atoms with van der Waals surface area (Å²) in [7, 11) is -3.88. The molecule has 3 saturated carbocycles. The van der Waals surface area contributed by atoms with Crippen LogP contribution in [0.2, 0.25) is 0 Å². The zero-order valence-corrected chi connectivity index (χ0v) is 21.9. The molecular weight excluding hydrogens is 478 g/mol. The number of fused-ring (bicyclic) bond motifs is 7. The summed E-state index contributed by atoms with van der Waals surface area (Å²) in [5.41, 5.74) is 2.36. The molecule has 5 aliphatic rings. The number of benzene rings is 1. The van der Waals surface area contributed by atoms with E-state index >= 15 is 0 Å². The predicted molar refractivity (Wildman–Crippen MR) is 136 cm³/mol. The molecule has 5 aliphatic carbocycles. The van der Waals surface area contributed by atoms with Crippen LogP contribution >= 0.6 is 11.6 Å². The number of rotatable bonds is 2. The van der Waals surface area contributed by atoms with Crippen LogP contribution in [0.3, 0.4) is 0 Å². The molecule has 4 nitrogen and oxygen atoms in total. The van der Waals surface area contributed by atoms with E-state index in [9.17, 15) is 13.2 Å². The highest BCUT2D eigenvalue weighted by molar-refractivity contribution is 7.95. The Labute approximate surface area is 212 Å². The molecule has 182 valence electrons. The third kappa shape index (κ3) is 3.02. The van der Waals surface area contributed by atoms with Crippen molar-refractivity contribution in [2.75, 3.05) is 0 Å². The molecule has 0 aliphatic heterocycles. The van der Waals surface area contributed by atoms with Crippen LogP contribution < -0.4 is 0 Å². The Balaban J connectivity index is 1.43. The molecular formula is C29H30ClNO3S. The number of aryl methyl sites for hydroxylation is 1. The number of carbonyl (C=O) groups is 1. The summed E-state index contributed by atoms with van der Waals surface area (Å²) in [4.78, 5) is 16.3. The lowest BCUT2D eigenvalue weighted by atomic mass is 9.48. The average molecular weight is 508 g/mol. The zero-order valence-electron chi connectivity index (χ0n) is 20.3. The summed E-state index contributed by atoms with van der Waals surface area (Å²) >= 11 is 6.86. The minimum absolute atomic E-state index is 0.0759. The molecule has 3 fully saturated rings. The molecule has 6 heteroatoms. The largest absolute Gasteiger partial charge is 0.295 e. The van der Waals surface area contributed by atoms with Gasteiger partial charge in [-0.15, -0.1) is 0 Å². The van der Waals surface area contributed by atoms with Crippen molar-refractivity contribution in [1.82, 2.24) is 0 Å². The first-order chi connectivity index (χ1) is 16.5. The van der Waals surface area contributed by atoms with E-state index in [4.69, 9.17) is 18.2 Å². The number of allylic oxidation sites excluding steroid dienone is 5. The van der Waals surface area contributed by atoms with Crippen LogP contribution in [0.25, 0.3) is 4.85 Å². The van der Waals surface area contributed by atoms with Gasteiger partial charge in [0.25, 0.3) is 5.03 Å². The monoisotopic (exact) mass is 507 g/mol. The number of hydrogen-bond donors (Lipinski definition) is 0. The normalized spacial score (nSPS) is 40.9. The van der Waals surface area contributed by atoms with Crippen molar-refractivity contribution in [2.45, 2.75) is 57.8 Å². The van der Waals surface area contributed by atoms with Crippen LogP contribution in [0.5, 0.6) is 0 Å². The van der Waals surface area contributed by atoms with Crippen LogP contribution in [0.15, 0.2) is 62.5 Å². The number of nitrogens with zero attached hydrogens (tertiary/aromatic N) is 1. The van der Waals surface area contributed by atoms with Gasteiger partial charge in [-0.3, -0.25) is 4.79 Å². The quantitative estimate of drug-likeness (QED) is 0.422. The van der Waals surface area contributed by atoms with Gasteiger partial charge in [0.1, 0.15) is 0 Å². The van der Waals surface area contributed by atoms with E-state index in [1.165, 1.54) is 0 Å². The van der Waals surface area contributed by atoms with E-state index in [0.29, 0.717) is 23.3 Å². The minimum atomic E-state index is -3.88. The predicted octanol–water partition coefficient (Wildman–Crippen LogP) is 6.63. The van der Waals surface area contributed by atoms with E-state index in [1.807, 2.05) is 13.0 Å². The first-order valence-electron chi connectivity index (χ1n) is 12.6.